The van der Waals surface area contributed by atoms with Crippen LogP contribution in [0.25, 0.3) is 0 Å². The monoisotopic (exact) mass is 263 g/mol. The quantitative estimate of drug-likeness (QED) is 0.699. The highest BCUT2D eigenvalue weighted by atomic mass is 16.2. The van der Waals surface area contributed by atoms with Gasteiger partial charge in [0.1, 0.15) is 0 Å². The third kappa shape index (κ3) is 5.09. The molecule has 0 unspecified atom stereocenters. The summed E-state index contributed by atoms with van der Waals surface area (Å²) in [5, 5.41) is 2.79. The number of amides is 2. The molecule has 104 valence electrons. The van der Waals surface area contributed by atoms with Crippen molar-refractivity contribution in [3.05, 3.63) is 35.4 Å². The number of nitrogens with two attached hydrogens (primary N) is 2. The van der Waals surface area contributed by atoms with Gasteiger partial charge in [0.2, 0.25) is 5.91 Å². The van der Waals surface area contributed by atoms with Crippen molar-refractivity contribution in [3.8, 4) is 0 Å². The van der Waals surface area contributed by atoms with Crippen molar-refractivity contribution in [2.75, 3.05) is 6.54 Å². The minimum Gasteiger partial charge on any atom is -0.370 e. The molecule has 0 saturated heterocycles. The van der Waals surface area contributed by atoms with E-state index in [1.807, 2.05) is 12.1 Å². The number of rotatable bonds is 6. The first-order chi connectivity index (χ1) is 8.84. The zero-order valence-corrected chi connectivity index (χ0v) is 11.4. The van der Waals surface area contributed by atoms with Crippen LogP contribution in [0.15, 0.2) is 24.3 Å². The molecule has 1 rings (SSSR count). The molecule has 0 radical (unpaired) electrons. The minimum absolute atomic E-state index is 0.101. The molecule has 0 spiro atoms. The lowest BCUT2D eigenvalue weighted by Gasteiger charge is -2.24. The lowest BCUT2D eigenvalue weighted by atomic mass is 9.99. The van der Waals surface area contributed by atoms with Gasteiger partial charge >= 0.3 is 0 Å². The second kappa shape index (κ2) is 6.33. The van der Waals surface area contributed by atoms with Gasteiger partial charge in [-0.25, -0.2) is 0 Å². The Bertz CT molecular complexity index is 452. The van der Waals surface area contributed by atoms with Crippen molar-refractivity contribution in [2.45, 2.75) is 32.2 Å². The van der Waals surface area contributed by atoms with Crippen LogP contribution < -0.4 is 16.8 Å². The largest absolute Gasteiger partial charge is 0.370 e. The maximum Gasteiger partial charge on any atom is 0.251 e. The predicted octanol–water partition coefficient (Wildman–Crippen LogP) is 0.572. The van der Waals surface area contributed by atoms with Gasteiger partial charge in [-0.15, -0.1) is 0 Å². The van der Waals surface area contributed by atoms with E-state index in [-0.39, 0.29) is 12.3 Å². The zero-order chi connectivity index (χ0) is 14.5. The number of benzene rings is 1. The molecule has 19 heavy (non-hydrogen) atoms. The number of nitrogens with one attached hydrogen (secondary N) is 1. The Morgan fingerprint density at radius 2 is 1.79 bits per heavy atom. The van der Waals surface area contributed by atoms with Gasteiger partial charge in [-0.05, 0) is 44.5 Å². The third-order valence-corrected chi connectivity index (χ3v) is 2.72. The lowest BCUT2D eigenvalue weighted by molar-refractivity contribution is -0.119. The SMILES string of the molecule is CC(C)(CC(N)=O)NC(=O)c1ccc(CCN)cc1. The number of hydrogen-bond donors (Lipinski definition) is 3. The van der Waals surface area contributed by atoms with Crippen LogP contribution in [0.4, 0.5) is 0 Å². The molecule has 1 aromatic carbocycles. The number of carbonyl (C=O) groups excluding carboxylic acids is 2. The van der Waals surface area contributed by atoms with Crippen molar-refractivity contribution in [2.24, 2.45) is 11.5 Å². The highest BCUT2D eigenvalue weighted by molar-refractivity contribution is 5.95. The Balaban J connectivity index is 2.70. The van der Waals surface area contributed by atoms with Gasteiger partial charge in [0.25, 0.3) is 5.91 Å². The van der Waals surface area contributed by atoms with Gasteiger partial charge in [-0.3, -0.25) is 9.59 Å². The summed E-state index contributed by atoms with van der Waals surface area (Å²) < 4.78 is 0. The molecule has 5 N–H and O–H groups in total. The summed E-state index contributed by atoms with van der Waals surface area (Å²) in [5.41, 5.74) is 11.6. The van der Waals surface area contributed by atoms with E-state index in [2.05, 4.69) is 5.32 Å². The molecule has 0 aromatic heterocycles. The summed E-state index contributed by atoms with van der Waals surface area (Å²) >= 11 is 0. The first-order valence-corrected chi connectivity index (χ1v) is 6.24. The summed E-state index contributed by atoms with van der Waals surface area (Å²) in [6, 6.07) is 7.26. The molecule has 0 aliphatic heterocycles. The van der Waals surface area contributed by atoms with Gasteiger partial charge < -0.3 is 16.8 Å². The molecule has 5 nitrogen and oxygen atoms in total. The van der Waals surface area contributed by atoms with Crippen molar-refractivity contribution in [3.63, 3.8) is 0 Å². The normalized spacial score (nSPS) is 11.1. The molecular formula is C14H21N3O2. The van der Waals surface area contributed by atoms with Crippen molar-refractivity contribution in [1.82, 2.24) is 5.32 Å². The van der Waals surface area contributed by atoms with Gasteiger partial charge in [-0.1, -0.05) is 12.1 Å². The van der Waals surface area contributed by atoms with Crippen LogP contribution in [-0.4, -0.2) is 23.9 Å². The molecular weight excluding hydrogens is 242 g/mol. The van der Waals surface area contributed by atoms with E-state index in [0.29, 0.717) is 12.1 Å². The molecule has 2 amide bonds. The fourth-order valence-electron chi connectivity index (χ4n) is 1.85. The van der Waals surface area contributed by atoms with E-state index >= 15 is 0 Å². The fraction of sp³-hybridized carbons (Fsp3) is 0.429. The molecule has 1 aromatic rings. The molecule has 0 aliphatic rings. The zero-order valence-electron chi connectivity index (χ0n) is 11.4. The summed E-state index contributed by atoms with van der Waals surface area (Å²) in [6.45, 7) is 4.11. The second-order valence-electron chi connectivity index (χ2n) is 5.22. The maximum absolute atomic E-state index is 12.0. The van der Waals surface area contributed by atoms with Gasteiger partial charge in [0, 0.05) is 17.5 Å². The van der Waals surface area contributed by atoms with Crippen LogP contribution in [0, 0.1) is 0 Å². The Kier molecular flexibility index (Phi) is 5.06. The average molecular weight is 263 g/mol. The first kappa shape index (κ1) is 15.2. The Labute approximate surface area is 113 Å². The Morgan fingerprint density at radius 3 is 2.26 bits per heavy atom. The number of carbonyl (C=O) groups is 2. The molecule has 0 atom stereocenters. The van der Waals surface area contributed by atoms with E-state index in [1.165, 1.54) is 0 Å². The van der Waals surface area contributed by atoms with Crippen LogP contribution in [-0.2, 0) is 11.2 Å². The van der Waals surface area contributed by atoms with Crippen LogP contribution in [0.1, 0.15) is 36.2 Å². The molecule has 0 heterocycles. The van der Waals surface area contributed by atoms with Crippen LogP contribution in [0.2, 0.25) is 0 Å². The molecule has 0 fully saturated rings. The molecule has 0 saturated carbocycles. The number of primary amides is 1. The standard InChI is InChI=1S/C14H21N3O2/c1-14(2,9-12(16)18)17-13(19)11-5-3-10(4-6-11)7-8-15/h3-6H,7-9,15H2,1-2H3,(H2,16,18)(H,17,19). The second-order valence-corrected chi connectivity index (χ2v) is 5.22. The Hall–Kier alpha value is -1.88. The van der Waals surface area contributed by atoms with Crippen LogP contribution in [0.3, 0.4) is 0 Å². The minimum atomic E-state index is -0.654. The van der Waals surface area contributed by atoms with Gasteiger partial charge in [0.15, 0.2) is 0 Å². The summed E-state index contributed by atoms with van der Waals surface area (Å²) in [6.07, 6.45) is 0.888. The topological polar surface area (TPSA) is 98.2 Å². The fourth-order valence-corrected chi connectivity index (χ4v) is 1.85. The van der Waals surface area contributed by atoms with E-state index in [9.17, 15) is 9.59 Å². The highest BCUT2D eigenvalue weighted by Crippen LogP contribution is 2.11. The first-order valence-electron chi connectivity index (χ1n) is 6.24. The molecule has 0 bridgehead atoms. The van der Waals surface area contributed by atoms with Gasteiger partial charge in [-0.2, -0.15) is 0 Å². The molecule has 5 heteroatoms. The van der Waals surface area contributed by atoms with Crippen molar-refractivity contribution in [1.29, 1.82) is 0 Å². The summed E-state index contributed by atoms with van der Waals surface area (Å²) in [7, 11) is 0. The van der Waals surface area contributed by atoms with E-state index in [4.69, 9.17) is 11.5 Å². The lowest BCUT2D eigenvalue weighted by Crippen LogP contribution is -2.46. The van der Waals surface area contributed by atoms with Crippen LogP contribution >= 0.6 is 0 Å². The third-order valence-electron chi connectivity index (χ3n) is 2.72. The van der Waals surface area contributed by atoms with Gasteiger partial charge in [0.05, 0.1) is 0 Å². The van der Waals surface area contributed by atoms with E-state index in [1.54, 1.807) is 26.0 Å². The number of hydrogen-bond acceptors (Lipinski definition) is 3. The molecule has 0 aliphatic carbocycles. The van der Waals surface area contributed by atoms with E-state index in [0.717, 1.165) is 12.0 Å². The van der Waals surface area contributed by atoms with Crippen LogP contribution in [0.5, 0.6) is 0 Å². The Morgan fingerprint density at radius 1 is 1.21 bits per heavy atom. The summed E-state index contributed by atoms with van der Waals surface area (Å²) in [5.74, 6) is -0.658. The summed E-state index contributed by atoms with van der Waals surface area (Å²) in [4.78, 5) is 22.9. The smallest absolute Gasteiger partial charge is 0.251 e. The highest BCUT2D eigenvalue weighted by Gasteiger charge is 2.23. The maximum atomic E-state index is 12.0. The average Bonchev–Trinajstić information content (AvgIpc) is 2.27. The predicted molar refractivity (Wildman–Crippen MR) is 74.6 cm³/mol. The van der Waals surface area contributed by atoms with E-state index < -0.39 is 11.4 Å². The van der Waals surface area contributed by atoms with Crippen molar-refractivity contribution >= 4 is 11.8 Å². The van der Waals surface area contributed by atoms with Crippen molar-refractivity contribution < 1.29 is 9.59 Å².